The number of anilines is 2. The van der Waals surface area contributed by atoms with E-state index in [-0.39, 0.29) is 24.8 Å². The first-order chi connectivity index (χ1) is 26.9. The number of nitrogens with zero attached hydrogens (tertiary/aromatic N) is 2. The van der Waals surface area contributed by atoms with E-state index in [1.165, 1.54) is 44.8 Å². The van der Waals surface area contributed by atoms with Crippen LogP contribution in [-0.4, -0.2) is 57.7 Å². The molecule has 0 aliphatic heterocycles. The highest BCUT2D eigenvalue weighted by Crippen LogP contribution is 2.42. The van der Waals surface area contributed by atoms with Crippen LogP contribution in [0.4, 0.5) is 17.1 Å². The fourth-order valence-corrected chi connectivity index (χ4v) is 10.1. The molecular formula is C50H61N2O4+. The van der Waals surface area contributed by atoms with Gasteiger partial charge in [0.2, 0.25) is 17.2 Å². The number of aryl methyl sites for hydroxylation is 6. The molecule has 3 aromatic rings. The van der Waals surface area contributed by atoms with Crippen LogP contribution in [0.2, 0.25) is 0 Å². The van der Waals surface area contributed by atoms with Crippen LogP contribution in [0.25, 0.3) is 5.57 Å². The fraction of sp³-hybridized carbons (Fsp3) is 0.440. The topological polar surface area (TPSA) is 84.0 Å². The van der Waals surface area contributed by atoms with E-state index in [2.05, 4.69) is 99.6 Å². The average molecular weight is 754 g/mol. The number of hydrogen-bond acceptors (Lipinski definition) is 5. The molecule has 0 bridgehead atoms. The average Bonchev–Trinajstić information content (AvgIpc) is 3.17. The summed E-state index contributed by atoms with van der Waals surface area (Å²) < 4.78 is 2.44. The van der Waals surface area contributed by atoms with Crippen molar-refractivity contribution in [2.24, 2.45) is 23.7 Å². The number of benzene rings is 3. The first-order valence-electron chi connectivity index (χ1n) is 20.9. The largest absolute Gasteiger partial charge is 0.506 e. The summed E-state index contributed by atoms with van der Waals surface area (Å²) in [5.41, 5.74) is 14.3. The van der Waals surface area contributed by atoms with Crippen molar-refractivity contribution in [2.75, 3.05) is 31.2 Å². The monoisotopic (exact) mass is 753 g/mol. The lowest BCUT2D eigenvalue weighted by Gasteiger charge is -2.35. The molecule has 0 heterocycles. The van der Waals surface area contributed by atoms with Crippen LogP contribution in [0.15, 0.2) is 89.7 Å². The Hall–Kier alpha value is -4.52. The second-order valence-corrected chi connectivity index (χ2v) is 17.4. The van der Waals surface area contributed by atoms with Crippen molar-refractivity contribution in [3.8, 4) is 0 Å². The molecule has 3 aromatic carbocycles. The third-order valence-corrected chi connectivity index (χ3v) is 13.0. The molecule has 56 heavy (non-hydrogen) atoms. The van der Waals surface area contributed by atoms with Crippen molar-refractivity contribution >= 4 is 34.1 Å². The van der Waals surface area contributed by atoms with E-state index in [1.807, 2.05) is 24.3 Å². The Bertz CT molecular complexity index is 2070. The molecule has 0 unspecified atom stereocenters. The molecule has 0 saturated heterocycles. The van der Waals surface area contributed by atoms with Crippen LogP contribution in [0.3, 0.4) is 0 Å². The SMILES string of the molecule is Cc1cc(C)c(N(CC2CCC(CO)CC2)c2ccc(C3=C(O)C(=C4C=CC(=[N+](CC5CCC(CO)CC5)c5c(C)cc(C)cc5C)C=C4)C3=O)cc2)c(C)c1. The predicted octanol–water partition coefficient (Wildman–Crippen LogP) is 10.3. The van der Waals surface area contributed by atoms with Gasteiger partial charge in [-0.15, -0.1) is 0 Å². The second kappa shape index (κ2) is 16.9. The van der Waals surface area contributed by atoms with Gasteiger partial charge in [0.25, 0.3) is 0 Å². The maximum Gasteiger partial charge on any atom is 0.211 e. The Morgan fingerprint density at radius 2 is 1.11 bits per heavy atom. The number of hydrogen-bond donors (Lipinski definition) is 3. The van der Waals surface area contributed by atoms with E-state index in [9.17, 15) is 20.1 Å². The summed E-state index contributed by atoms with van der Waals surface area (Å²) in [6, 6.07) is 17.1. The van der Waals surface area contributed by atoms with Gasteiger partial charge in [-0.05, 0) is 169 Å². The third kappa shape index (κ3) is 8.15. The van der Waals surface area contributed by atoms with Gasteiger partial charge in [0.15, 0.2) is 6.54 Å². The van der Waals surface area contributed by atoms with E-state index in [0.29, 0.717) is 34.8 Å². The first kappa shape index (κ1) is 39.7. The Balaban J connectivity index is 1.16. The van der Waals surface area contributed by atoms with E-state index >= 15 is 0 Å². The molecule has 0 amide bonds. The molecule has 294 valence electrons. The maximum absolute atomic E-state index is 13.8. The lowest BCUT2D eigenvalue weighted by molar-refractivity contribution is -0.450. The van der Waals surface area contributed by atoms with Crippen LogP contribution >= 0.6 is 0 Å². The number of allylic oxidation sites excluding steroid dienone is 7. The smallest absolute Gasteiger partial charge is 0.211 e. The number of ketones is 1. The van der Waals surface area contributed by atoms with Crippen molar-refractivity contribution in [3.63, 3.8) is 0 Å². The maximum atomic E-state index is 13.8. The molecule has 0 spiro atoms. The van der Waals surface area contributed by atoms with Crippen molar-refractivity contribution in [3.05, 3.63) is 129 Å². The summed E-state index contributed by atoms with van der Waals surface area (Å²) in [5.74, 6) is 1.82. The molecule has 6 nitrogen and oxygen atoms in total. The second-order valence-electron chi connectivity index (χ2n) is 17.4. The lowest BCUT2D eigenvalue weighted by Crippen LogP contribution is -2.30. The summed E-state index contributed by atoms with van der Waals surface area (Å²) in [6.07, 6.45) is 16.8. The number of carbonyl (C=O) groups excluding carboxylic acids is 1. The molecule has 3 N–H and O–H groups in total. The summed E-state index contributed by atoms with van der Waals surface area (Å²) in [7, 11) is 0. The lowest BCUT2D eigenvalue weighted by atomic mass is 9.80. The molecular weight excluding hydrogens is 693 g/mol. The number of carbonyl (C=O) groups is 1. The quantitative estimate of drug-likeness (QED) is 0.142. The normalized spacial score (nSPS) is 22.5. The minimum atomic E-state index is -0.131. The molecule has 6 heteroatoms. The van der Waals surface area contributed by atoms with Gasteiger partial charge in [0, 0.05) is 60.3 Å². The van der Waals surface area contributed by atoms with E-state index in [4.69, 9.17) is 0 Å². The molecule has 2 saturated carbocycles. The Morgan fingerprint density at radius 1 is 0.625 bits per heavy atom. The van der Waals surface area contributed by atoms with Gasteiger partial charge in [0.05, 0.1) is 11.1 Å². The number of Topliss-reactive ketones (excluding diaryl/α,β-unsaturated/α-hetero) is 1. The minimum Gasteiger partial charge on any atom is -0.506 e. The molecule has 7 rings (SSSR count). The zero-order chi connectivity index (χ0) is 39.7. The zero-order valence-electron chi connectivity index (χ0n) is 34.4. The first-order valence-corrected chi connectivity index (χ1v) is 20.9. The zero-order valence-corrected chi connectivity index (χ0v) is 34.4. The summed E-state index contributed by atoms with van der Waals surface area (Å²) in [5, 5.41) is 30.9. The van der Waals surface area contributed by atoms with Crippen molar-refractivity contribution in [1.82, 2.24) is 0 Å². The highest BCUT2D eigenvalue weighted by atomic mass is 16.3. The predicted molar refractivity (Wildman–Crippen MR) is 229 cm³/mol. The van der Waals surface area contributed by atoms with Crippen LogP contribution < -0.4 is 4.90 Å². The molecule has 2 fully saturated rings. The van der Waals surface area contributed by atoms with Crippen molar-refractivity contribution < 1.29 is 24.7 Å². The van der Waals surface area contributed by atoms with Gasteiger partial charge >= 0.3 is 0 Å². The van der Waals surface area contributed by atoms with Gasteiger partial charge in [-0.1, -0.05) is 35.4 Å². The minimum absolute atomic E-state index is 0.0564. The molecule has 0 aromatic heterocycles. The van der Waals surface area contributed by atoms with E-state index in [0.717, 1.165) is 87.0 Å². The standard InChI is InChI=1S/C50H60N2O4/c1-31-23-33(3)47(34(4)24-31)51(27-37-7-11-39(29-53)12-8-37)43-19-15-41(16-20-43)45-49(55)46(50(45)56)42-17-21-44(22-18-42)52(28-38-9-13-40(30-54)14-10-38)48-35(5)25-32(2)26-36(48)6/h15-26,37-40,53-54H,7-14,27-30H2,1-6H3/p+1. The van der Waals surface area contributed by atoms with Gasteiger partial charge in [-0.25, -0.2) is 0 Å². The summed E-state index contributed by atoms with van der Waals surface area (Å²) >= 11 is 0. The van der Waals surface area contributed by atoms with Crippen LogP contribution in [0.5, 0.6) is 0 Å². The van der Waals surface area contributed by atoms with Crippen LogP contribution in [0.1, 0.15) is 90.3 Å². The Morgan fingerprint density at radius 3 is 1.61 bits per heavy atom. The highest BCUT2D eigenvalue weighted by Gasteiger charge is 2.37. The van der Waals surface area contributed by atoms with Gasteiger partial charge < -0.3 is 20.2 Å². The van der Waals surface area contributed by atoms with Crippen molar-refractivity contribution in [2.45, 2.75) is 92.9 Å². The number of rotatable bonds is 10. The molecule has 0 radical (unpaired) electrons. The molecule has 4 aliphatic carbocycles. The van der Waals surface area contributed by atoms with E-state index < -0.39 is 0 Å². The molecule has 4 aliphatic rings. The van der Waals surface area contributed by atoms with Crippen LogP contribution in [0, 0.1) is 65.2 Å². The summed E-state index contributed by atoms with van der Waals surface area (Å²) in [6.45, 7) is 15.4. The van der Waals surface area contributed by atoms with E-state index in [1.54, 1.807) is 0 Å². The highest BCUT2D eigenvalue weighted by molar-refractivity contribution is 6.39. The number of aliphatic hydroxyl groups excluding tert-OH is 3. The fourth-order valence-electron chi connectivity index (χ4n) is 10.1. The van der Waals surface area contributed by atoms with Gasteiger partial charge in [0.1, 0.15) is 5.76 Å². The summed E-state index contributed by atoms with van der Waals surface area (Å²) in [4.78, 5) is 16.3. The third-order valence-electron chi connectivity index (χ3n) is 13.0. The number of aliphatic hydroxyl groups is 3. The van der Waals surface area contributed by atoms with Crippen molar-refractivity contribution in [1.29, 1.82) is 0 Å². The van der Waals surface area contributed by atoms with Gasteiger partial charge in [-0.2, -0.15) is 4.58 Å². The van der Waals surface area contributed by atoms with Crippen LogP contribution in [-0.2, 0) is 4.79 Å². The Kier molecular flexibility index (Phi) is 12.0. The molecule has 0 atom stereocenters. The Labute approximate surface area is 334 Å². The van der Waals surface area contributed by atoms with Gasteiger partial charge in [-0.3, -0.25) is 4.79 Å².